The van der Waals surface area contributed by atoms with E-state index >= 15 is 0 Å². The van der Waals surface area contributed by atoms with Crippen LogP contribution in [0.3, 0.4) is 0 Å². The van der Waals surface area contributed by atoms with Gasteiger partial charge in [0.05, 0.1) is 6.10 Å². The Kier molecular flexibility index (Phi) is 5.15. The third-order valence-corrected chi connectivity index (χ3v) is 3.82. The number of hydrogen-bond acceptors (Lipinski definition) is 3. The zero-order chi connectivity index (χ0) is 12.9. The molecule has 17 heavy (non-hydrogen) atoms. The molecule has 0 aliphatic carbocycles. The Bertz CT molecular complexity index is 451. The van der Waals surface area contributed by atoms with E-state index < -0.39 is 15.9 Å². The van der Waals surface area contributed by atoms with Crippen LogP contribution in [0.25, 0.3) is 0 Å². The molecule has 1 unspecified atom stereocenters. The van der Waals surface area contributed by atoms with Gasteiger partial charge in [-0.05, 0) is 30.4 Å². The van der Waals surface area contributed by atoms with E-state index in [0.29, 0.717) is 12.8 Å². The van der Waals surface area contributed by atoms with Crippen LogP contribution in [0.2, 0.25) is 0 Å². The van der Waals surface area contributed by atoms with Gasteiger partial charge in [-0.3, -0.25) is 0 Å². The Labute approximate surface area is 103 Å². The lowest BCUT2D eigenvalue weighted by Gasteiger charge is -2.14. The van der Waals surface area contributed by atoms with Gasteiger partial charge in [-0.2, -0.15) is 0 Å². The fourth-order valence-electron chi connectivity index (χ4n) is 1.88. The first kappa shape index (κ1) is 14.2. The first-order valence-electron chi connectivity index (χ1n) is 5.87. The smallest absolute Gasteiger partial charge is 0.147 e. The number of sulfone groups is 1. The van der Waals surface area contributed by atoms with Crippen molar-refractivity contribution in [2.24, 2.45) is 0 Å². The Morgan fingerprint density at radius 3 is 2.53 bits per heavy atom. The van der Waals surface area contributed by atoms with E-state index in [0.717, 1.165) is 17.5 Å². The molecule has 96 valence electrons. The zero-order valence-corrected chi connectivity index (χ0v) is 11.2. The van der Waals surface area contributed by atoms with E-state index in [9.17, 15) is 13.5 Å². The Morgan fingerprint density at radius 1 is 1.29 bits per heavy atom. The fourth-order valence-corrected chi connectivity index (χ4v) is 2.57. The highest BCUT2D eigenvalue weighted by molar-refractivity contribution is 7.90. The number of benzene rings is 1. The lowest BCUT2D eigenvalue weighted by Crippen LogP contribution is -2.07. The van der Waals surface area contributed by atoms with Crippen molar-refractivity contribution in [3.05, 3.63) is 35.4 Å². The van der Waals surface area contributed by atoms with Crippen molar-refractivity contribution >= 4 is 9.84 Å². The normalized spacial score (nSPS) is 13.6. The summed E-state index contributed by atoms with van der Waals surface area (Å²) < 4.78 is 22.0. The molecule has 0 aromatic heterocycles. The van der Waals surface area contributed by atoms with Crippen LogP contribution < -0.4 is 0 Å². The summed E-state index contributed by atoms with van der Waals surface area (Å²) >= 11 is 0. The van der Waals surface area contributed by atoms with Crippen molar-refractivity contribution in [3.63, 3.8) is 0 Å². The molecule has 1 rings (SSSR count). The predicted molar refractivity (Wildman–Crippen MR) is 69.7 cm³/mol. The summed E-state index contributed by atoms with van der Waals surface area (Å²) in [6.07, 6.45) is 2.52. The molecule has 0 aliphatic rings. The van der Waals surface area contributed by atoms with E-state index in [1.165, 1.54) is 6.26 Å². The molecular weight excluding hydrogens is 236 g/mol. The molecule has 4 heteroatoms. The van der Waals surface area contributed by atoms with E-state index in [4.69, 9.17) is 0 Å². The maximum Gasteiger partial charge on any atom is 0.147 e. The van der Waals surface area contributed by atoms with Crippen molar-refractivity contribution in [1.29, 1.82) is 0 Å². The lowest BCUT2D eigenvalue weighted by molar-refractivity contribution is 0.165. The molecule has 0 heterocycles. The molecule has 0 amide bonds. The molecule has 3 nitrogen and oxygen atoms in total. The number of rotatable bonds is 6. The van der Waals surface area contributed by atoms with Crippen molar-refractivity contribution in [1.82, 2.24) is 0 Å². The van der Waals surface area contributed by atoms with Gasteiger partial charge in [-0.25, -0.2) is 8.42 Å². The number of aliphatic hydroxyl groups is 1. The SMILES string of the molecule is CCc1ccccc1C(O)CCCS(C)(=O)=O. The molecule has 0 saturated heterocycles. The second-order valence-electron chi connectivity index (χ2n) is 4.34. The average molecular weight is 256 g/mol. The number of aryl methyl sites for hydroxylation is 1. The predicted octanol–water partition coefficient (Wildman–Crippen LogP) is 2.11. The fraction of sp³-hybridized carbons (Fsp3) is 0.538. The molecule has 0 saturated carbocycles. The standard InChI is InChI=1S/C13H20O3S/c1-3-11-7-4-5-8-12(11)13(14)9-6-10-17(2,15)16/h4-5,7-8,13-14H,3,6,9-10H2,1-2H3. The Balaban J connectivity index is 2.61. The van der Waals surface area contributed by atoms with Crippen LogP contribution in [-0.2, 0) is 16.3 Å². The molecule has 1 aromatic rings. The number of aliphatic hydroxyl groups excluding tert-OH is 1. The maximum atomic E-state index is 11.0. The second-order valence-corrected chi connectivity index (χ2v) is 6.60. The van der Waals surface area contributed by atoms with Gasteiger partial charge < -0.3 is 5.11 Å². The summed E-state index contributed by atoms with van der Waals surface area (Å²) in [7, 11) is -2.93. The summed E-state index contributed by atoms with van der Waals surface area (Å²) in [4.78, 5) is 0. The summed E-state index contributed by atoms with van der Waals surface area (Å²) in [5.74, 6) is 0.137. The first-order valence-corrected chi connectivity index (χ1v) is 7.93. The van der Waals surface area contributed by atoms with Crippen molar-refractivity contribution < 1.29 is 13.5 Å². The highest BCUT2D eigenvalue weighted by Gasteiger charge is 2.12. The largest absolute Gasteiger partial charge is 0.388 e. The minimum absolute atomic E-state index is 0.137. The van der Waals surface area contributed by atoms with Gasteiger partial charge >= 0.3 is 0 Å². The highest BCUT2D eigenvalue weighted by Crippen LogP contribution is 2.22. The lowest BCUT2D eigenvalue weighted by atomic mass is 9.98. The van der Waals surface area contributed by atoms with E-state index in [2.05, 4.69) is 0 Å². The molecule has 0 fully saturated rings. The molecule has 1 atom stereocenters. The second kappa shape index (κ2) is 6.17. The van der Waals surface area contributed by atoms with Crippen molar-refractivity contribution in [3.8, 4) is 0 Å². The van der Waals surface area contributed by atoms with Gasteiger partial charge in [-0.1, -0.05) is 31.2 Å². The van der Waals surface area contributed by atoms with Gasteiger partial charge in [0.2, 0.25) is 0 Å². The van der Waals surface area contributed by atoms with Crippen LogP contribution in [-0.4, -0.2) is 25.5 Å². The first-order chi connectivity index (χ1) is 7.94. The molecule has 1 aromatic carbocycles. The monoisotopic (exact) mass is 256 g/mol. The number of hydrogen-bond donors (Lipinski definition) is 1. The van der Waals surface area contributed by atoms with E-state index in [-0.39, 0.29) is 5.75 Å². The van der Waals surface area contributed by atoms with Gasteiger partial charge in [0, 0.05) is 12.0 Å². The Morgan fingerprint density at radius 2 is 1.94 bits per heavy atom. The summed E-state index contributed by atoms with van der Waals surface area (Å²) in [6.45, 7) is 2.04. The van der Waals surface area contributed by atoms with Crippen LogP contribution in [0.5, 0.6) is 0 Å². The topological polar surface area (TPSA) is 54.4 Å². The minimum Gasteiger partial charge on any atom is -0.388 e. The molecule has 1 N–H and O–H groups in total. The Hall–Kier alpha value is -0.870. The molecule has 0 aliphatic heterocycles. The third kappa shape index (κ3) is 4.88. The van der Waals surface area contributed by atoms with Crippen LogP contribution >= 0.6 is 0 Å². The highest BCUT2D eigenvalue weighted by atomic mass is 32.2. The van der Waals surface area contributed by atoms with Crippen molar-refractivity contribution in [2.45, 2.75) is 32.3 Å². The van der Waals surface area contributed by atoms with Gasteiger partial charge in [0.25, 0.3) is 0 Å². The van der Waals surface area contributed by atoms with E-state index in [1.54, 1.807) is 0 Å². The molecular formula is C13H20O3S. The van der Waals surface area contributed by atoms with Gasteiger partial charge in [0.15, 0.2) is 0 Å². The molecule has 0 spiro atoms. The summed E-state index contributed by atoms with van der Waals surface area (Å²) in [5, 5.41) is 10.0. The van der Waals surface area contributed by atoms with E-state index in [1.807, 2.05) is 31.2 Å². The van der Waals surface area contributed by atoms with Gasteiger partial charge in [0.1, 0.15) is 9.84 Å². The van der Waals surface area contributed by atoms with Crippen LogP contribution in [0.1, 0.15) is 37.0 Å². The van der Waals surface area contributed by atoms with Crippen LogP contribution in [0.15, 0.2) is 24.3 Å². The van der Waals surface area contributed by atoms with Crippen LogP contribution in [0, 0.1) is 0 Å². The maximum absolute atomic E-state index is 11.0. The summed E-state index contributed by atoms with van der Waals surface area (Å²) in [5.41, 5.74) is 2.04. The van der Waals surface area contributed by atoms with Gasteiger partial charge in [-0.15, -0.1) is 0 Å². The van der Waals surface area contributed by atoms with Crippen LogP contribution in [0.4, 0.5) is 0 Å². The summed E-state index contributed by atoms with van der Waals surface area (Å²) in [6, 6.07) is 7.75. The molecule has 0 bridgehead atoms. The average Bonchev–Trinajstić information content (AvgIpc) is 2.27. The zero-order valence-electron chi connectivity index (χ0n) is 10.4. The quantitative estimate of drug-likeness (QED) is 0.848. The minimum atomic E-state index is -2.93. The third-order valence-electron chi connectivity index (χ3n) is 2.79. The molecule has 0 radical (unpaired) electrons. The van der Waals surface area contributed by atoms with Crippen molar-refractivity contribution in [2.75, 3.05) is 12.0 Å².